The predicted molar refractivity (Wildman–Crippen MR) is 52.6 cm³/mol. The monoisotopic (exact) mass is 242 g/mol. The number of aromatic nitrogens is 2. The molecule has 1 aliphatic carbocycles. The van der Waals surface area contributed by atoms with E-state index in [1.807, 2.05) is 0 Å². The van der Waals surface area contributed by atoms with Crippen molar-refractivity contribution in [2.45, 2.75) is 19.3 Å². The molecule has 1 aromatic heterocycles. The third-order valence-electron chi connectivity index (χ3n) is 2.29. The second-order valence-electron chi connectivity index (χ2n) is 3.29. The molecule has 0 unspecified atom stereocenters. The minimum Gasteiger partial charge on any atom is -0.476 e. The smallest absolute Gasteiger partial charge is 0.232 e. The molecule has 70 valence electrons. The van der Waals surface area contributed by atoms with E-state index in [2.05, 4.69) is 25.9 Å². The Labute approximate surface area is 85.7 Å². The van der Waals surface area contributed by atoms with Gasteiger partial charge in [0, 0.05) is 0 Å². The molecule has 13 heavy (non-hydrogen) atoms. The minimum atomic E-state index is 0.620. The van der Waals surface area contributed by atoms with Crippen LogP contribution < -0.4 is 4.74 Å². The molecule has 3 nitrogen and oxygen atoms in total. The zero-order valence-electron chi connectivity index (χ0n) is 7.24. The van der Waals surface area contributed by atoms with E-state index in [9.17, 15) is 0 Å². The Morgan fingerprint density at radius 3 is 2.77 bits per heavy atom. The number of rotatable bonds is 3. The number of halogens is 1. The molecule has 1 aliphatic rings. The van der Waals surface area contributed by atoms with Gasteiger partial charge in [-0.15, -0.1) is 0 Å². The van der Waals surface area contributed by atoms with Gasteiger partial charge in [-0.3, -0.25) is 0 Å². The van der Waals surface area contributed by atoms with Crippen molar-refractivity contribution in [1.29, 1.82) is 0 Å². The third-order valence-corrected chi connectivity index (χ3v) is 2.70. The van der Waals surface area contributed by atoms with Crippen molar-refractivity contribution in [3.8, 4) is 5.88 Å². The summed E-state index contributed by atoms with van der Waals surface area (Å²) < 4.78 is 6.21. The Hall–Kier alpha value is -0.640. The maximum atomic E-state index is 5.47. The lowest BCUT2D eigenvalue weighted by Crippen LogP contribution is -2.19. The Kier molecular flexibility index (Phi) is 2.78. The van der Waals surface area contributed by atoms with Gasteiger partial charge in [0.05, 0.1) is 19.0 Å². The second kappa shape index (κ2) is 4.05. The fourth-order valence-electron chi connectivity index (χ4n) is 1.24. The van der Waals surface area contributed by atoms with E-state index in [-0.39, 0.29) is 0 Å². The van der Waals surface area contributed by atoms with Crippen LogP contribution in [0, 0.1) is 5.92 Å². The molecule has 0 radical (unpaired) electrons. The summed E-state index contributed by atoms with van der Waals surface area (Å²) in [5.41, 5.74) is 0. The summed E-state index contributed by atoms with van der Waals surface area (Å²) in [5.74, 6) is 1.36. The van der Waals surface area contributed by atoms with Crippen LogP contribution in [0.5, 0.6) is 5.88 Å². The summed E-state index contributed by atoms with van der Waals surface area (Å²) in [6.07, 6.45) is 7.23. The van der Waals surface area contributed by atoms with Crippen LogP contribution >= 0.6 is 15.9 Å². The van der Waals surface area contributed by atoms with Crippen LogP contribution in [-0.4, -0.2) is 16.6 Å². The van der Waals surface area contributed by atoms with E-state index >= 15 is 0 Å². The highest BCUT2D eigenvalue weighted by Gasteiger charge is 2.17. The highest BCUT2D eigenvalue weighted by Crippen LogP contribution is 2.26. The molecule has 0 spiro atoms. The molecule has 0 aliphatic heterocycles. The van der Waals surface area contributed by atoms with E-state index in [4.69, 9.17) is 4.74 Å². The van der Waals surface area contributed by atoms with Gasteiger partial charge in [0.25, 0.3) is 0 Å². The number of hydrogen-bond donors (Lipinski definition) is 0. The number of ether oxygens (including phenoxy) is 1. The van der Waals surface area contributed by atoms with Crippen molar-refractivity contribution in [1.82, 2.24) is 9.97 Å². The first-order valence-electron chi connectivity index (χ1n) is 4.45. The van der Waals surface area contributed by atoms with Gasteiger partial charge in [0.2, 0.25) is 5.88 Å². The van der Waals surface area contributed by atoms with E-state index in [0.717, 1.165) is 17.1 Å². The van der Waals surface area contributed by atoms with Crippen molar-refractivity contribution < 1.29 is 4.74 Å². The maximum absolute atomic E-state index is 5.47. The Bertz CT molecular complexity index is 271. The van der Waals surface area contributed by atoms with Crippen LogP contribution in [0.3, 0.4) is 0 Å². The number of nitrogens with zero attached hydrogens (tertiary/aromatic N) is 2. The summed E-state index contributed by atoms with van der Waals surface area (Å²) >= 11 is 3.22. The molecular formula is C9H11BrN2O. The summed E-state index contributed by atoms with van der Waals surface area (Å²) in [5, 5.41) is 0. The maximum Gasteiger partial charge on any atom is 0.232 e. The van der Waals surface area contributed by atoms with Crippen molar-refractivity contribution in [3.63, 3.8) is 0 Å². The summed E-state index contributed by atoms with van der Waals surface area (Å²) in [6.45, 7) is 0.788. The van der Waals surface area contributed by atoms with Gasteiger partial charge in [-0.25, -0.2) is 9.97 Å². The van der Waals surface area contributed by atoms with Gasteiger partial charge in [-0.2, -0.15) is 0 Å². The van der Waals surface area contributed by atoms with Crippen molar-refractivity contribution in [3.05, 3.63) is 17.0 Å². The molecule has 4 heteroatoms. The first-order valence-corrected chi connectivity index (χ1v) is 5.24. The molecule has 1 aromatic rings. The van der Waals surface area contributed by atoms with Gasteiger partial charge in [0.1, 0.15) is 4.60 Å². The Morgan fingerprint density at radius 2 is 2.23 bits per heavy atom. The van der Waals surface area contributed by atoms with E-state index in [0.29, 0.717) is 5.88 Å². The topological polar surface area (TPSA) is 35.0 Å². The largest absolute Gasteiger partial charge is 0.476 e. The quantitative estimate of drug-likeness (QED) is 0.817. The molecule has 1 heterocycles. The minimum absolute atomic E-state index is 0.620. The summed E-state index contributed by atoms with van der Waals surface area (Å²) in [6, 6.07) is 0. The van der Waals surface area contributed by atoms with Gasteiger partial charge < -0.3 is 4.74 Å². The molecule has 0 bridgehead atoms. The molecule has 1 saturated carbocycles. The predicted octanol–water partition coefficient (Wildman–Crippen LogP) is 2.42. The second-order valence-corrected chi connectivity index (χ2v) is 4.10. The van der Waals surface area contributed by atoms with Crippen LogP contribution in [0.15, 0.2) is 17.0 Å². The van der Waals surface area contributed by atoms with Gasteiger partial charge in [0.15, 0.2) is 0 Å². The molecule has 0 amide bonds. The van der Waals surface area contributed by atoms with Gasteiger partial charge in [-0.1, -0.05) is 6.42 Å². The number of hydrogen-bond acceptors (Lipinski definition) is 3. The molecule has 0 N–H and O–H groups in total. The average Bonchev–Trinajstić information content (AvgIpc) is 2.05. The summed E-state index contributed by atoms with van der Waals surface area (Å²) in [7, 11) is 0. The normalized spacial score (nSPS) is 16.7. The first-order chi connectivity index (χ1) is 6.34. The highest BCUT2D eigenvalue weighted by atomic mass is 79.9. The lowest BCUT2D eigenvalue weighted by molar-refractivity contribution is 0.175. The standard InChI is InChI=1S/C9H11BrN2O/c10-8-4-12-9(5-11-8)13-6-7-2-1-3-7/h4-5,7H,1-3,6H2. The van der Waals surface area contributed by atoms with Crippen molar-refractivity contribution in [2.75, 3.05) is 6.61 Å². The molecule has 1 fully saturated rings. The fourth-order valence-corrected chi connectivity index (χ4v) is 1.44. The van der Waals surface area contributed by atoms with Crippen LogP contribution in [-0.2, 0) is 0 Å². The van der Waals surface area contributed by atoms with Crippen LogP contribution in [0.2, 0.25) is 0 Å². The van der Waals surface area contributed by atoms with Gasteiger partial charge >= 0.3 is 0 Å². The molecule has 0 atom stereocenters. The molecule has 2 rings (SSSR count). The Balaban J connectivity index is 1.83. The van der Waals surface area contributed by atoms with Crippen LogP contribution in [0.25, 0.3) is 0 Å². The molecular weight excluding hydrogens is 232 g/mol. The highest BCUT2D eigenvalue weighted by molar-refractivity contribution is 9.10. The van der Waals surface area contributed by atoms with E-state index < -0.39 is 0 Å². The summed E-state index contributed by atoms with van der Waals surface area (Å²) in [4.78, 5) is 8.11. The van der Waals surface area contributed by atoms with Crippen molar-refractivity contribution >= 4 is 15.9 Å². The average molecular weight is 243 g/mol. The SMILES string of the molecule is Brc1cnc(OCC2CCC2)cn1. The van der Waals surface area contributed by atoms with Gasteiger partial charge in [-0.05, 0) is 34.7 Å². The van der Waals surface area contributed by atoms with Crippen molar-refractivity contribution in [2.24, 2.45) is 5.92 Å². The molecule has 0 aromatic carbocycles. The van der Waals surface area contributed by atoms with E-state index in [1.54, 1.807) is 12.4 Å². The van der Waals surface area contributed by atoms with E-state index in [1.165, 1.54) is 19.3 Å². The Morgan fingerprint density at radius 1 is 1.38 bits per heavy atom. The fraction of sp³-hybridized carbons (Fsp3) is 0.556. The third kappa shape index (κ3) is 2.40. The first kappa shape index (κ1) is 8.94. The lowest BCUT2D eigenvalue weighted by Gasteiger charge is -2.24. The molecule has 0 saturated heterocycles. The van der Waals surface area contributed by atoms with Crippen LogP contribution in [0.1, 0.15) is 19.3 Å². The zero-order valence-corrected chi connectivity index (χ0v) is 8.83. The van der Waals surface area contributed by atoms with Crippen LogP contribution in [0.4, 0.5) is 0 Å². The zero-order chi connectivity index (χ0) is 9.10. The lowest BCUT2D eigenvalue weighted by atomic mass is 9.86.